The lowest BCUT2D eigenvalue weighted by Gasteiger charge is -2.31. The fraction of sp³-hybridized carbons (Fsp3) is 0.857. The number of ether oxygens (including phenoxy) is 1. The lowest BCUT2D eigenvalue weighted by molar-refractivity contribution is 0.0524. The number of rotatable bonds is 7. The molecule has 1 saturated heterocycles. The zero-order chi connectivity index (χ0) is 11.6. The van der Waals surface area contributed by atoms with E-state index in [0.717, 1.165) is 38.5 Å². The molecular formula is C14H25NO. The summed E-state index contributed by atoms with van der Waals surface area (Å²) < 4.78 is 5.42. The number of hydrogen-bond acceptors (Lipinski definition) is 2. The van der Waals surface area contributed by atoms with Gasteiger partial charge >= 0.3 is 0 Å². The predicted octanol–water partition coefficient (Wildman–Crippen LogP) is 2.58. The van der Waals surface area contributed by atoms with Crippen molar-refractivity contribution in [2.24, 2.45) is 5.92 Å². The van der Waals surface area contributed by atoms with Crippen molar-refractivity contribution in [1.29, 1.82) is 0 Å². The fourth-order valence-corrected chi connectivity index (χ4v) is 2.38. The first kappa shape index (κ1) is 13.5. The standard InChI is InChI=1S/C14H25NO/c1-3-5-6-7-14(15-10-4-2)13-8-11-16-12-9-13/h1,13-15H,4-12H2,2H3. The molecule has 0 bridgehead atoms. The van der Waals surface area contributed by atoms with Gasteiger partial charge < -0.3 is 10.1 Å². The van der Waals surface area contributed by atoms with E-state index in [1.54, 1.807) is 0 Å². The van der Waals surface area contributed by atoms with E-state index < -0.39 is 0 Å². The van der Waals surface area contributed by atoms with Crippen LogP contribution in [0.5, 0.6) is 0 Å². The highest BCUT2D eigenvalue weighted by atomic mass is 16.5. The van der Waals surface area contributed by atoms with Crippen LogP contribution in [0.15, 0.2) is 0 Å². The van der Waals surface area contributed by atoms with Gasteiger partial charge in [-0.05, 0) is 44.6 Å². The summed E-state index contributed by atoms with van der Waals surface area (Å²) >= 11 is 0. The molecule has 0 aliphatic carbocycles. The van der Waals surface area contributed by atoms with E-state index in [2.05, 4.69) is 18.2 Å². The van der Waals surface area contributed by atoms with Crippen LogP contribution >= 0.6 is 0 Å². The quantitative estimate of drug-likeness (QED) is 0.529. The van der Waals surface area contributed by atoms with Crippen molar-refractivity contribution in [1.82, 2.24) is 5.32 Å². The average molecular weight is 223 g/mol. The Hall–Kier alpha value is -0.520. The molecule has 0 radical (unpaired) electrons. The molecule has 1 heterocycles. The first-order chi connectivity index (χ1) is 7.88. The first-order valence-corrected chi connectivity index (χ1v) is 6.63. The summed E-state index contributed by atoms with van der Waals surface area (Å²) in [6.45, 7) is 5.21. The summed E-state index contributed by atoms with van der Waals surface area (Å²) in [5, 5.41) is 3.67. The number of terminal acetylenes is 1. The van der Waals surface area contributed by atoms with E-state index in [9.17, 15) is 0 Å². The van der Waals surface area contributed by atoms with Gasteiger partial charge in [-0.2, -0.15) is 0 Å². The second kappa shape index (κ2) is 8.61. The van der Waals surface area contributed by atoms with Crippen molar-refractivity contribution >= 4 is 0 Å². The van der Waals surface area contributed by atoms with Crippen LogP contribution in [0, 0.1) is 18.3 Å². The minimum absolute atomic E-state index is 0.650. The molecule has 0 spiro atoms. The van der Waals surface area contributed by atoms with Gasteiger partial charge in [0, 0.05) is 25.7 Å². The van der Waals surface area contributed by atoms with Crippen LogP contribution in [-0.2, 0) is 4.74 Å². The van der Waals surface area contributed by atoms with Gasteiger partial charge in [-0.15, -0.1) is 12.3 Å². The van der Waals surface area contributed by atoms with Crippen molar-refractivity contribution in [3.63, 3.8) is 0 Å². The number of unbranched alkanes of at least 4 members (excludes halogenated alkanes) is 1. The largest absolute Gasteiger partial charge is 0.381 e. The SMILES string of the molecule is C#CCCCC(NCCC)C1CCOCC1. The average Bonchev–Trinajstić information content (AvgIpc) is 2.35. The molecule has 16 heavy (non-hydrogen) atoms. The highest BCUT2D eigenvalue weighted by Gasteiger charge is 2.22. The van der Waals surface area contributed by atoms with Crippen LogP contribution in [0.4, 0.5) is 0 Å². The molecule has 92 valence electrons. The Morgan fingerprint density at radius 1 is 1.44 bits per heavy atom. The Bertz CT molecular complexity index is 203. The van der Waals surface area contributed by atoms with E-state index in [1.165, 1.54) is 25.7 Å². The number of nitrogens with one attached hydrogen (secondary N) is 1. The van der Waals surface area contributed by atoms with Gasteiger partial charge in [-0.25, -0.2) is 0 Å². The fourth-order valence-electron chi connectivity index (χ4n) is 2.38. The third kappa shape index (κ3) is 5.01. The van der Waals surface area contributed by atoms with E-state index in [4.69, 9.17) is 11.2 Å². The summed E-state index contributed by atoms with van der Waals surface area (Å²) in [5.74, 6) is 3.52. The molecule has 1 aliphatic rings. The Labute approximate surface area is 100 Å². The molecular weight excluding hydrogens is 198 g/mol. The third-order valence-corrected chi connectivity index (χ3v) is 3.33. The lowest BCUT2D eigenvalue weighted by Crippen LogP contribution is -2.39. The Balaban J connectivity index is 2.32. The molecule has 2 heteroatoms. The number of hydrogen-bond donors (Lipinski definition) is 1. The first-order valence-electron chi connectivity index (χ1n) is 6.63. The summed E-state index contributed by atoms with van der Waals surface area (Å²) in [6, 6.07) is 0.650. The van der Waals surface area contributed by atoms with Gasteiger partial charge in [0.2, 0.25) is 0 Å². The van der Waals surface area contributed by atoms with Crippen LogP contribution in [0.3, 0.4) is 0 Å². The maximum Gasteiger partial charge on any atom is 0.0469 e. The summed E-state index contributed by atoms with van der Waals surface area (Å²) in [6.07, 6.45) is 12.2. The molecule has 0 aromatic rings. The van der Waals surface area contributed by atoms with Gasteiger partial charge in [-0.1, -0.05) is 6.92 Å². The van der Waals surface area contributed by atoms with Crippen molar-refractivity contribution in [3.8, 4) is 12.3 Å². The van der Waals surface area contributed by atoms with Crippen molar-refractivity contribution in [2.75, 3.05) is 19.8 Å². The maximum absolute atomic E-state index is 5.42. The maximum atomic E-state index is 5.42. The van der Waals surface area contributed by atoms with Crippen LogP contribution in [0.25, 0.3) is 0 Å². The Morgan fingerprint density at radius 2 is 2.19 bits per heavy atom. The summed E-state index contributed by atoms with van der Waals surface area (Å²) in [7, 11) is 0. The molecule has 2 nitrogen and oxygen atoms in total. The molecule has 0 saturated carbocycles. The second-order valence-electron chi connectivity index (χ2n) is 4.61. The lowest BCUT2D eigenvalue weighted by atomic mass is 9.88. The van der Waals surface area contributed by atoms with Gasteiger partial charge in [0.25, 0.3) is 0 Å². The Kier molecular flexibility index (Phi) is 7.29. The smallest absolute Gasteiger partial charge is 0.0469 e. The van der Waals surface area contributed by atoms with E-state index in [1.807, 2.05) is 0 Å². The van der Waals surface area contributed by atoms with E-state index in [0.29, 0.717) is 6.04 Å². The van der Waals surface area contributed by atoms with Gasteiger partial charge in [0.15, 0.2) is 0 Å². The van der Waals surface area contributed by atoms with Gasteiger partial charge in [-0.3, -0.25) is 0 Å². The van der Waals surface area contributed by atoms with E-state index >= 15 is 0 Å². The van der Waals surface area contributed by atoms with Crippen molar-refractivity contribution in [2.45, 2.75) is 51.5 Å². The van der Waals surface area contributed by atoms with Crippen molar-refractivity contribution in [3.05, 3.63) is 0 Å². The second-order valence-corrected chi connectivity index (χ2v) is 4.61. The summed E-state index contributed by atoms with van der Waals surface area (Å²) in [4.78, 5) is 0. The van der Waals surface area contributed by atoms with Crippen LogP contribution in [0.2, 0.25) is 0 Å². The zero-order valence-electron chi connectivity index (χ0n) is 10.5. The van der Waals surface area contributed by atoms with Gasteiger partial charge in [0.1, 0.15) is 0 Å². The molecule has 1 rings (SSSR count). The van der Waals surface area contributed by atoms with E-state index in [-0.39, 0.29) is 0 Å². The third-order valence-electron chi connectivity index (χ3n) is 3.33. The van der Waals surface area contributed by atoms with Crippen LogP contribution in [-0.4, -0.2) is 25.8 Å². The molecule has 0 aromatic carbocycles. The molecule has 1 aliphatic heterocycles. The highest BCUT2D eigenvalue weighted by molar-refractivity contribution is 4.85. The van der Waals surface area contributed by atoms with Crippen molar-refractivity contribution < 1.29 is 4.74 Å². The Morgan fingerprint density at radius 3 is 2.81 bits per heavy atom. The monoisotopic (exact) mass is 223 g/mol. The van der Waals surface area contributed by atoms with Crippen LogP contribution in [0.1, 0.15) is 45.4 Å². The molecule has 1 atom stereocenters. The molecule has 1 fully saturated rings. The molecule has 0 aromatic heterocycles. The minimum Gasteiger partial charge on any atom is -0.381 e. The minimum atomic E-state index is 0.650. The molecule has 1 N–H and O–H groups in total. The molecule has 1 unspecified atom stereocenters. The van der Waals surface area contributed by atoms with Crippen LogP contribution < -0.4 is 5.32 Å². The normalized spacial score (nSPS) is 19.2. The predicted molar refractivity (Wildman–Crippen MR) is 68.3 cm³/mol. The van der Waals surface area contributed by atoms with Gasteiger partial charge in [0.05, 0.1) is 0 Å². The zero-order valence-corrected chi connectivity index (χ0v) is 10.5. The molecule has 0 amide bonds. The topological polar surface area (TPSA) is 21.3 Å². The summed E-state index contributed by atoms with van der Waals surface area (Å²) in [5.41, 5.74) is 0. The highest BCUT2D eigenvalue weighted by Crippen LogP contribution is 2.22.